The number of morpholine rings is 1. The van der Waals surface area contributed by atoms with Crippen LogP contribution in [0.2, 0.25) is 0 Å². The summed E-state index contributed by atoms with van der Waals surface area (Å²) in [4.78, 5) is 14.5. The fraction of sp³-hybridized carbons (Fsp3) is 0.591. The number of nitrogens with zero attached hydrogens (tertiary/aromatic N) is 1. The van der Waals surface area contributed by atoms with Crippen LogP contribution < -0.4 is 0 Å². The SMILES string of the molecule is CCCCCCCC1=CC2COCC(C1)N2C(=O)OCc1ccccc1. The molecule has 2 atom stereocenters. The Bertz CT molecular complexity index is 599. The molecule has 3 rings (SSSR count). The number of fused-ring (bicyclic) bond motifs is 2. The molecule has 0 aromatic heterocycles. The highest BCUT2D eigenvalue weighted by Gasteiger charge is 2.38. The van der Waals surface area contributed by atoms with Gasteiger partial charge in [-0.1, -0.05) is 74.6 Å². The third-order valence-corrected chi connectivity index (χ3v) is 5.29. The van der Waals surface area contributed by atoms with Gasteiger partial charge in [0, 0.05) is 0 Å². The van der Waals surface area contributed by atoms with Gasteiger partial charge in [-0.15, -0.1) is 0 Å². The van der Waals surface area contributed by atoms with Gasteiger partial charge >= 0.3 is 6.09 Å². The third kappa shape index (κ3) is 5.10. The molecule has 1 fully saturated rings. The van der Waals surface area contributed by atoms with Crippen molar-refractivity contribution >= 4 is 6.09 Å². The fourth-order valence-electron chi connectivity index (χ4n) is 3.90. The van der Waals surface area contributed by atoms with Crippen LogP contribution in [0.3, 0.4) is 0 Å². The fourth-order valence-corrected chi connectivity index (χ4v) is 3.90. The van der Waals surface area contributed by atoms with E-state index >= 15 is 0 Å². The van der Waals surface area contributed by atoms with E-state index in [2.05, 4.69) is 13.0 Å². The quantitative estimate of drug-likeness (QED) is 0.481. The average Bonchev–Trinajstić information content (AvgIpc) is 2.66. The molecule has 2 bridgehead atoms. The minimum atomic E-state index is -0.217. The van der Waals surface area contributed by atoms with Gasteiger partial charge < -0.3 is 9.47 Å². The smallest absolute Gasteiger partial charge is 0.411 e. The second-order valence-corrected chi connectivity index (χ2v) is 7.40. The zero-order chi connectivity index (χ0) is 18.2. The van der Waals surface area contributed by atoms with Crippen molar-refractivity contribution < 1.29 is 14.3 Å². The maximum Gasteiger partial charge on any atom is 0.411 e. The Hall–Kier alpha value is -1.81. The molecule has 2 aliphatic rings. The van der Waals surface area contributed by atoms with Gasteiger partial charge in [-0.25, -0.2) is 4.79 Å². The molecule has 26 heavy (non-hydrogen) atoms. The number of benzene rings is 1. The Labute approximate surface area is 157 Å². The number of rotatable bonds is 8. The van der Waals surface area contributed by atoms with Crippen molar-refractivity contribution in [1.29, 1.82) is 0 Å². The highest BCUT2D eigenvalue weighted by molar-refractivity contribution is 5.69. The summed E-state index contributed by atoms with van der Waals surface area (Å²) in [6.45, 7) is 3.77. The second kappa shape index (κ2) is 9.77. The van der Waals surface area contributed by atoms with E-state index in [0.717, 1.165) is 18.4 Å². The van der Waals surface area contributed by atoms with Crippen LogP contribution >= 0.6 is 0 Å². The van der Waals surface area contributed by atoms with Crippen LogP contribution in [0.1, 0.15) is 57.4 Å². The van der Waals surface area contributed by atoms with Crippen LogP contribution in [-0.2, 0) is 16.1 Å². The summed E-state index contributed by atoms with van der Waals surface area (Å²) in [5, 5.41) is 0. The van der Waals surface area contributed by atoms with Crippen molar-refractivity contribution in [2.75, 3.05) is 13.2 Å². The number of carbonyl (C=O) groups excluding carboxylic acids is 1. The zero-order valence-corrected chi connectivity index (χ0v) is 15.9. The molecule has 0 aliphatic carbocycles. The predicted molar refractivity (Wildman–Crippen MR) is 103 cm³/mol. The first-order valence-corrected chi connectivity index (χ1v) is 10.0. The molecule has 1 aromatic carbocycles. The lowest BCUT2D eigenvalue weighted by Crippen LogP contribution is -2.56. The molecule has 0 spiro atoms. The monoisotopic (exact) mass is 357 g/mol. The lowest BCUT2D eigenvalue weighted by atomic mass is 9.91. The van der Waals surface area contributed by atoms with Crippen LogP contribution in [-0.4, -0.2) is 36.3 Å². The summed E-state index contributed by atoms with van der Waals surface area (Å²) in [5.41, 5.74) is 2.51. The predicted octanol–water partition coefficient (Wildman–Crippen LogP) is 5.08. The average molecular weight is 357 g/mol. The van der Waals surface area contributed by atoms with Crippen LogP contribution in [0, 0.1) is 0 Å². The molecule has 0 saturated carbocycles. The van der Waals surface area contributed by atoms with Crippen molar-refractivity contribution in [3.63, 3.8) is 0 Å². The van der Waals surface area contributed by atoms with E-state index in [-0.39, 0.29) is 18.2 Å². The molecule has 4 heteroatoms. The Morgan fingerprint density at radius 1 is 1.15 bits per heavy atom. The van der Waals surface area contributed by atoms with Crippen LogP contribution in [0.15, 0.2) is 42.0 Å². The first kappa shape index (κ1) is 19.0. The van der Waals surface area contributed by atoms with Crippen molar-refractivity contribution in [3.8, 4) is 0 Å². The number of amides is 1. The van der Waals surface area contributed by atoms with E-state index in [4.69, 9.17) is 9.47 Å². The van der Waals surface area contributed by atoms with Crippen molar-refractivity contribution in [1.82, 2.24) is 4.90 Å². The Morgan fingerprint density at radius 2 is 1.96 bits per heavy atom. The largest absolute Gasteiger partial charge is 0.445 e. The Balaban J connectivity index is 1.53. The standard InChI is InChI=1S/C22H31NO3/c1-2-3-4-5-7-12-19-13-20-16-25-17-21(14-19)23(20)22(24)26-15-18-10-8-6-9-11-18/h6,8-11,13,20-21H,2-5,7,12,14-17H2,1H3. The summed E-state index contributed by atoms with van der Waals surface area (Å²) >= 11 is 0. The number of ether oxygens (including phenoxy) is 2. The molecular weight excluding hydrogens is 326 g/mol. The Morgan fingerprint density at radius 3 is 2.73 bits per heavy atom. The van der Waals surface area contributed by atoms with Gasteiger partial charge in [0.15, 0.2) is 0 Å². The number of hydrogen-bond acceptors (Lipinski definition) is 3. The molecule has 1 amide bonds. The van der Waals surface area contributed by atoms with Gasteiger partial charge in [-0.05, 0) is 24.8 Å². The summed E-state index contributed by atoms with van der Waals surface area (Å²) in [5.74, 6) is 0. The van der Waals surface area contributed by atoms with Gasteiger partial charge in [0.05, 0.1) is 25.3 Å². The van der Waals surface area contributed by atoms with Crippen molar-refractivity contribution in [2.45, 2.75) is 70.6 Å². The first-order chi connectivity index (χ1) is 12.8. The van der Waals surface area contributed by atoms with Crippen LogP contribution in [0.25, 0.3) is 0 Å². The molecule has 0 N–H and O–H groups in total. The molecule has 2 heterocycles. The molecule has 1 saturated heterocycles. The summed E-state index contributed by atoms with van der Waals surface area (Å²) in [6.07, 6.45) is 10.6. The van der Waals surface area contributed by atoms with Crippen LogP contribution in [0.5, 0.6) is 0 Å². The van der Waals surface area contributed by atoms with Crippen molar-refractivity contribution in [3.05, 3.63) is 47.5 Å². The van der Waals surface area contributed by atoms with Crippen LogP contribution in [0.4, 0.5) is 4.79 Å². The van der Waals surface area contributed by atoms with E-state index in [1.165, 1.54) is 37.7 Å². The van der Waals surface area contributed by atoms with Gasteiger partial charge in [0.2, 0.25) is 0 Å². The molecular formula is C22H31NO3. The number of carbonyl (C=O) groups is 1. The normalized spacial score (nSPS) is 22.0. The second-order valence-electron chi connectivity index (χ2n) is 7.40. The lowest BCUT2D eigenvalue weighted by molar-refractivity contribution is -0.0375. The highest BCUT2D eigenvalue weighted by atomic mass is 16.6. The van der Waals surface area contributed by atoms with Gasteiger partial charge in [-0.2, -0.15) is 0 Å². The molecule has 1 aromatic rings. The molecule has 0 radical (unpaired) electrons. The summed E-state index contributed by atoms with van der Waals surface area (Å²) in [7, 11) is 0. The van der Waals surface area contributed by atoms with Gasteiger partial charge in [-0.3, -0.25) is 4.90 Å². The Kier molecular flexibility index (Phi) is 7.13. The topological polar surface area (TPSA) is 38.8 Å². The molecule has 2 aliphatic heterocycles. The summed E-state index contributed by atoms with van der Waals surface area (Å²) in [6, 6.07) is 9.98. The highest BCUT2D eigenvalue weighted by Crippen LogP contribution is 2.30. The van der Waals surface area contributed by atoms with Gasteiger partial charge in [0.25, 0.3) is 0 Å². The van der Waals surface area contributed by atoms with Crippen molar-refractivity contribution in [2.24, 2.45) is 0 Å². The number of hydrogen-bond donors (Lipinski definition) is 0. The minimum absolute atomic E-state index is 0.0245. The van der Waals surface area contributed by atoms with Gasteiger partial charge in [0.1, 0.15) is 6.61 Å². The maximum absolute atomic E-state index is 12.6. The van der Waals surface area contributed by atoms with E-state index in [1.54, 1.807) is 0 Å². The minimum Gasteiger partial charge on any atom is -0.445 e. The summed E-state index contributed by atoms with van der Waals surface area (Å²) < 4.78 is 11.3. The maximum atomic E-state index is 12.6. The van der Waals surface area contributed by atoms with E-state index < -0.39 is 0 Å². The third-order valence-electron chi connectivity index (χ3n) is 5.29. The molecule has 142 valence electrons. The van der Waals surface area contributed by atoms with E-state index in [1.807, 2.05) is 35.2 Å². The lowest BCUT2D eigenvalue weighted by Gasteiger charge is -2.43. The van der Waals surface area contributed by atoms with E-state index in [0.29, 0.717) is 19.8 Å². The zero-order valence-electron chi connectivity index (χ0n) is 15.9. The molecule has 2 unspecified atom stereocenters. The number of unbranched alkanes of at least 4 members (excludes halogenated alkanes) is 4. The van der Waals surface area contributed by atoms with E-state index in [9.17, 15) is 4.79 Å². The molecule has 4 nitrogen and oxygen atoms in total. The first-order valence-electron chi connectivity index (χ1n) is 10.0.